The van der Waals surface area contributed by atoms with Crippen molar-refractivity contribution in [1.82, 2.24) is 5.32 Å². The van der Waals surface area contributed by atoms with E-state index in [1.807, 2.05) is 90.1 Å². The van der Waals surface area contributed by atoms with Crippen molar-refractivity contribution in [3.05, 3.63) is 48.5 Å². The fourth-order valence-electron chi connectivity index (χ4n) is 4.96. The molecule has 3 amide bonds. The van der Waals surface area contributed by atoms with Crippen molar-refractivity contribution in [3.63, 3.8) is 0 Å². The predicted molar refractivity (Wildman–Crippen MR) is 172 cm³/mol. The highest BCUT2D eigenvalue weighted by Gasteiger charge is 2.24. The molecule has 7 nitrogen and oxygen atoms in total. The van der Waals surface area contributed by atoms with Crippen molar-refractivity contribution in [3.8, 4) is 11.1 Å². The minimum Gasteiger partial charge on any atom is -0.344 e. The first kappa shape index (κ1) is 34.7. The van der Waals surface area contributed by atoms with Gasteiger partial charge in [0.05, 0.1) is 0 Å². The van der Waals surface area contributed by atoms with Crippen LogP contribution in [0.4, 0.5) is 11.4 Å². The molecule has 3 N–H and O–H groups in total. The molecule has 0 fully saturated rings. The summed E-state index contributed by atoms with van der Waals surface area (Å²) >= 11 is 0. The van der Waals surface area contributed by atoms with Crippen LogP contribution in [0.15, 0.2) is 48.5 Å². The van der Waals surface area contributed by atoms with E-state index in [1.54, 1.807) is 0 Å². The molecule has 0 aliphatic heterocycles. The van der Waals surface area contributed by atoms with E-state index in [1.165, 1.54) is 0 Å². The Labute approximate surface area is 252 Å². The van der Waals surface area contributed by atoms with Crippen molar-refractivity contribution in [2.45, 2.75) is 93.5 Å². The van der Waals surface area contributed by atoms with Gasteiger partial charge in [0.15, 0.2) is 0 Å². The van der Waals surface area contributed by atoms with Gasteiger partial charge in [-0.3, -0.25) is 19.2 Å². The normalized spacial score (nSPS) is 12.9. The molecule has 0 radical (unpaired) electrons. The molecule has 2 aromatic rings. The number of Topliss-reactive ketones (excluding diaryl/α,β-unsaturated/α-hetero) is 1. The van der Waals surface area contributed by atoms with Crippen molar-refractivity contribution in [2.75, 3.05) is 10.6 Å². The molecular formula is C35H51N3O4. The largest absolute Gasteiger partial charge is 0.344 e. The molecule has 0 aliphatic rings. The van der Waals surface area contributed by atoms with Crippen molar-refractivity contribution >= 4 is 34.9 Å². The van der Waals surface area contributed by atoms with Gasteiger partial charge in [-0.25, -0.2) is 0 Å². The number of anilines is 2. The molecule has 7 heteroatoms. The van der Waals surface area contributed by atoms with E-state index in [0.717, 1.165) is 11.1 Å². The highest BCUT2D eigenvalue weighted by molar-refractivity contribution is 5.97. The Bertz CT molecular complexity index is 1070. The van der Waals surface area contributed by atoms with E-state index in [4.69, 9.17) is 0 Å². The van der Waals surface area contributed by atoms with Gasteiger partial charge >= 0.3 is 0 Å². The third-order valence-corrected chi connectivity index (χ3v) is 6.83. The third-order valence-electron chi connectivity index (χ3n) is 6.83. The molecular weight excluding hydrogens is 526 g/mol. The summed E-state index contributed by atoms with van der Waals surface area (Å²) in [5.41, 5.74) is 3.28. The number of nitrogens with one attached hydrogen (secondary N) is 3. The van der Waals surface area contributed by atoms with Gasteiger partial charge in [0.2, 0.25) is 17.7 Å². The van der Waals surface area contributed by atoms with Crippen LogP contribution in [0.1, 0.15) is 87.5 Å². The van der Waals surface area contributed by atoms with Crippen LogP contribution in [-0.4, -0.2) is 29.5 Å². The number of hydrogen-bond acceptors (Lipinski definition) is 4. The van der Waals surface area contributed by atoms with Crippen LogP contribution in [0.25, 0.3) is 11.1 Å². The van der Waals surface area contributed by atoms with Gasteiger partial charge in [-0.1, -0.05) is 79.7 Å². The van der Waals surface area contributed by atoms with E-state index in [9.17, 15) is 19.2 Å². The van der Waals surface area contributed by atoms with E-state index < -0.39 is 6.04 Å². The van der Waals surface area contributed by atoms with Crippen molar-refractivity contribution in [1.29, 1.82) is 0 Å². The molecule has 0 bridgehead atoms. The molecule has 2 rings (SSSR count). The zero-order valence-corrected chi connectivity index (χ0v) is 26.8. The zero-order valence-electron chi connectivity index (χ0n) is 26.8. The minimum atomic E-state index is -0.591. The fraction of sp³-hybridized carbons (Fsp3) is 0.543. The van der Waals surface area contributed by atoms with E-state index in [2.05, 4.69) is 29.8 Å². The molecule has 0 spiro atoms. The summed E-state index contributed by atoms with van der Waals surface area (Å²) in [6, 6.07) is 14.6. The van der Waals surface area contributed by atoms with Gasteiger partial charge in [-0.05, 0) is 71.9 Å². The molecule has 2 atom stereocenters. The van der Waals surface area contributed by atoms with Crippen LogP contribution in [0.3, 0.4) is 0 Å². The summed E-state index contributed by atoms with van der Waals surface area (Å²) in [4.78, 5) is 50.8. The molecule has 42 heavy (non-hydrogen) atoms. The predicted octanol–water partition coefficient (Wildman–Crippen LogP) is 7.48. The molecule has 0 saturated carbocycles. The lowest BCUT2D eigenvalue weighted by molar-refractivity contribution is -0.127. The van der Waals surface area contributed by atoms with Crippen molar-refractivity contribution < 1.29 is 19.2 Å². The van der Waals surface area contributed by atoms with Crippen LogP contribution in [-0.2, 0) is 19.2 Å². The Morgan fingerprint density at radius 1 is 0.548 bits per heavy atom. The van der Waals surface area contributed by atoms with Crippen LogP contribution < -0.4 is 16.0 Å². The molecule has 0 heterocycles. The van der Waals surface area contributed by atoms with E-state index in [0.29, 0.717) is 43.0 Å². The van der Waals surface area contributed by atoms with E-state index in [-0.39, 0.29) is 53.6 Å². The first-order chi connectivity index (χ1) is 19.7. The lowest BCUT2D eigenvalue weighted by Gasteiger charge is -2.21. The Morgan fingerprint density at radius 2 is 1.00 bits per heavy atom. The fourth-order valence-corrected chi connectivity index (χ4v) is 4.96. The molecule has 2 aromatic carbocycles. The summed E-state index contributed by atoms with van der Waals surface area (Å²) in [6.07, 6.45) is 2.37. The topological polar surface area (TPSA) is 104 Å². The first-order valence-electron chi connectivity index (χ1n) is 15.4. The number of amides is 3. The maximum absolute atomic E-state index is 13.0. The second-order valence-electron chi connectivity index (χ2n) is 13.1. The first-order valence-corrected chi connectivity index (χ1v) is 15.4. The second kappa shape index (κ2) is 16.8. The monoisotopic (exact) mass is 577 g/mol. The molecule has 0 saturated heterocycles. The van der Waals surface area contributed by atoms with Crippen LogP contribution in [0, 0.1) is 29.6 Å². The smallest absolute Gasteiger partial charge is 0.246 e. The van der Waals surface area contributed by atoms with Gasteiger partial charge in [0.25, 0.3) is 0 Å². The van der Waals surface area contributed by atoms with Crippen molar-refractivity contribution in [2.24, 2.45) is 29.6 Å². The number of hydrogen-bond donors (Lipinski definition) is 3. The molecule has 230 valence electrons. The average molecular weight is 578 g/mol. The van der Waals surface area contributed by atoms with Gasteiger partial charge in [-0.2, -0.15) is 0 Å². The number of carbonyl (C=O) groups is 4. The van der Waals surface area contributed by atoms with Gasteiger partial charge in [0, 0.05) is 36.6 Å². The minimum absolute atomic E-state index is 0.115. The Hall–Kier alpha value is -3.48. The van der Waals surface area contributed by atoms with Gasteiger partial charge < -0.3 is 16.0 Å². The van der Waals surface area contributed by atoms with Crippen LogP contribution in [0.5, 0.6) is 0 Å². The van der Waals surface area contributed by atoms with Crippen LogP contribution >= 0.6 is 0 Å². The third kappa shape index (κ3) is 12.6. The summed E-state index contributed by atoms with van der Waals surface area (Å²) in [7, 11) is 0. The maximum atomic E-state index is 13.0. The quantitative estimate of drug-likeness (QED) is 0.192. The standard InChI is InChI=1S/C35H51N3O4/c1-22(2)17-28(21-31(39)18-23(3)4)34(41)36-29-13-9-26(10-14-29)27-11-15-30(16-12-27)37-35(42)32(19-24(5)6)38-33(40)20-25(7)8/h9-16,22-25,28,32H,17-21H2,1-8H3,(H,36,41)(H,37,42)(H,38,40)/t28-,32+/m1/s1. The number of ketones is 1. The molecule has 0 aliphatic carbocycles. The average Bonchev–Trinajstić information content (AvgIpc) is 2.87. The number of carbonyl (C=O) groups excluding carboxylic acids is 4. The van der Waals surface area contributed by atoms with Gasteiger partial charge in [0.1, 0.15) is 11.8 Å². The maximum Gasteiger partial charge on any atom is 0.246 e. The van der Waals surface area contributed by atoms with Crippen LogP contribution in [0.2, 0.25) is 0 Å². The summed E-state index contributed by atoms with van der Waals surface area (Å²) in [5.74, 6) is 0.390. The second-order valence-corrected chi connectivity index (χ2v) is 13.1. The SMILES string of the molecule is CC(C)CC(=O)C[C@@H](CC(C)C)C(=O)Nc1ccc(-c2ccc(NC(=O)[C@H](CC(C)C)NC(=O)CC(C)C)cc2)cc1. The molecule has 0 unspecified atom stereocenters. The highest BCUT2D eigenvalue weighted by Crippen LogP contribution is 2.25. The Balaban J connectivity index is 2.04. The summed E-state index contributed by atoms with van der Waals surface area (Å²) in [6.45, 7) is 16.2. The summed E-state index contributed by atoms with van der Waals surface area (Å²) < 4.78 is 0. The number of benzene rings is 2. The zero-order chi connectivity index (χ0) is 31.4. The number of rotatable bonds is 16. The summed E-state index contributed by atoms with van der Waals surface area (Å²) in [5, 5.41) is 8.82. The lowest BCUT2D eigenvalue weighted by atomic mass is 9.89. The van der Waals surface area contributed by atoms with E-state index >= 15 is 0 Å². The van der Waals surface area contributed by atoms with Gasteiger partial charge in [-0.15, -0.1) is 0 Å². The Morgan fingerprint density at radius 3 is 1.43 bits per heavy atom. The highest BCUT2D eigenvalue weighted by atomic mass is 16.2. The lowest BCUT2D eigenvalue weighted by Crippen LogP contribution is -2.44. The Kier molecular flexibility index (Phi) is 13.9. The molecule has 0 aromatic heterocycles.